The molecule has 0 saturated heterocycles. The van der Waals surface area contributed by atoms with Crippen LogP contribution in [0.3, 0.4) is 0 Å². The Labute approximate surface area is 189 Å². The Bertz CT molecular complexity index is 1070. The van der Waals surface area contributed by atoms with Gasteiger partial charge in [-0.25, -0.2) is 8.78 Å². The first-order valence-corrected chi connectivity index (χ1v) is 10.7. The number of nitrogens with two attached hydrogens (primary N) is 1. The Hall–Kier alpha value is -2.45. The molecule has 1 aromatic heterocycles. The van der Waals surface area contributed by atoms with Gasteiger partial charge in [0.25, 0.3) is 0 Å². The highest BCUT2D eigenvalue weighted by Gasteiger charge is 2.48. The van der Waals surface area contributed by atoms with Crippen molar-refractivity contribution in [2.24, 2.45) is 10.7 Å². The third-order valence-electron chi connectivity index (χ3n) is 5.06. The summed E-state index contributed by atoms with van der Waals surface area (Å²) in [5.41, 5.74) is 5.73. The maximum atomic E-state index is 14.9. The van der Waals surface area contributed by atoms with Crippen LogP contribution in [0.25, 0.3) is 11.9 Å². The van der Waals surface area contributed by atoms with Crippen molar-refractivity contribution >= 4 is 46.3 Å². The number of aliphatic imine (C=N–C) groups is 1. The zero-order valence-electron chi connectivity index (χ0n) is 17.6. The van der Waals surface area contributed by atoms with E-state index in [1.54, 1.807) is 27.9 Å². The summed E-state index contributed by atoms with van der Waals surface area (Å²) < 4.78 is 28.6. The number of pyridine rings is 1. The van der Waals surface area contributed by atoms with E-state index < -0.39 is 21.9 Å². The summed E-state index contributed by atoms with van der Waals surface area (Å²) in [6, 6.07) is 7.24. The first-order valence-electron chi connectivity index (χ1n) is 9.49. The van der Waals surface area contributed by atoms with Gasteiger partial charge in [0.1, 0.15) is 16.4 Å². The molecule has 2 N–H and O–H groups in total. The van der Waals surface area contributed by atoms with Crippen molar-refractivity contribution in [1.29, 1.82) is 0 Å². The highest BCUT2D eigenvalue weighted by atomic mass is 35.5. The van der Waals surface area contributed by atoms with Crippen LogP contribution < -0.4 is 5.73 Å². The molecule has 0 bridgehead atoms. The molecule has 0 unspecified atom stereocenters. The van der Waals surface area contributed by atoms with Gasteiger partial charge in [0, 0.05) is 32.3 Å². The normalized spacial score (nSPS) is 24.0. The summed E-state index contributed by atoms with van der Waals surface area (Å²) in [4.78, 5) is 22.7. The number of nitrogens with zero attached hydrogens (tertiary/aromatic N) is 3. The lowest BCUT2D eigenvalue weighted by atomic mass is 9.82. The SMILES string of the molecule is CN(C)C(=O)[C@@]1(C)C[C@@](C)(c2cc(/C=C(\F)c3ccc(Cl)cn3)ccc2F)N=C(N)S1. The second-order valence-corrected chi connectivity index (χ2v) is 9.99. The molecule has 31 heavy (non-hydrogen) atoms. The molecule has 0 spiro atoms. The van der Waals surface area contributed by atoms with Crippen molar-refractivity contribution in [3.63, 3.8) is 0 Å². The number of thioether (sulfide) groups is 1. The molecule has 2 aromatic rings. The molecule has 1 amide bonds. The van der Waals surface area contributed by atoms with Crippen LogP contribution in [0.2, 0.25) is 5.02 Å². The summed E-state index contributed by atoms with van der Waals surface area (Å²) >= 11 is 6.96. The number of benzene rings is 1. The first-order chi connectivity index (χ1) is 14.4. The number of halogens is 3. The van der Waals surface area contributed by atoms with Crippen molar-refractivity contribution in [3.8, 4) is 0 Å². The fourth-order valence-corrected chi connectivity index (χ4v) is 5.20. The van der Waals surface area contributed by atoms with E-state index in [2.05, 4.69) is 9.98 Å². The lowest BCUT2D eigenvalue weighted by Gasteiger charge is -2.41. The third-order valence-corrected chi connectivity index (χ3v) is 6.36. The summed E-state index contributed by atoms with van der Waals surface area (Å²) in [6.07, 6.45) is 2.84. The van der Waals surface area contributed by atoms with Crippen LogP contribution in [0.5, 0.6) is 0 Å². The zero-order chi connectivity index (χ0) is 23.0. The van der Waals surface area contributed by atoms with Crippen LogP contribution in [0.4, 0.5) is 8.78 Å². The second kappa shape index (κ2) is 8.59. The Balaban J connectivity index is 2.02. The number of carbonyl (C=O) groups excluding carboxylic acids is 1. The smallest absolute Gasteiger partial charge is 0.238 e. The molecule has 2 atom stereocenters. The minimum atomic E-state index is -1.10. The van der Waals surface area contributed by atoms with E-state index in [-0.39, 0.29) is 28.8 Å². The minimum absolute atomic E-state index is 0.113. The number of aromatic nitrogens is 1. The van der Waals surface area contributed by atoms with Gasteiger partial charge in [-0.3, -0.25) is 14.8 Å². The number of carbonyl (C=O) groups is 1. The Morgan fingerprint density at radius 3 is 2.61 bits per heavy atom. The Kier molecular flexibility index (Phi) is 6.43. The number of rotatable bonds is 4. The van der Waals surface area contributed by atoms with E-state index in [0.29, 0.717) is 10.6 Å². The standard InChI is InChI=1S/C22H23ClF2N4OS/c1-21(12-22(2,19(30)29(3)4)31-20(26)28-21)15-9-13(5-7-16(15)24)10-17(25)18-8-6-14(23)11-27-18/h5-11H,12H2,1-4H3,(H2,26,28)/b17-10-/t21-,22+/m0/s1. The van der Waals surface area contributed by atoms with Crippen molar-refractivity contribution in [2.45, 2.75) is 30.6 Å². The lowest BCUT2D eigenvalue weighted by Crippen LogP contribution is -2.49. The van der Waals surface area contributed by atoms with Crippen molar-refractivity contribution < 1.29 is 13.6 Å². The van der Waals surface area contributed by atoms with Crippen LogP contribution in [0, 0.1) is 5.82 Å². The average Bonchev–Trinajstić information content (AvgIpc) is 2.68. The summed E-state index contributed by atoms with van der Waals surface area (Å²) in [7, 11) is 3.32. The molecular weight excluding hydrogens is 442 g/mol. The predicted molar refractivity (Wildman–Crippen MR) is 123 cm³/mol. The Morgan fingerprint density at radius 1 is 1.29 bits per heavy atom. The van der Waals surface area contributed by atoms with Gasteiger partial charge in [0.05, 0.1) is 16.3 Å². The van der Waals surface area contributed by atoms with Crippen LogP contribution in [-0.2, 0) is 10.3 Å². The molecule has 2 heterocycles. The van der Waals surface area contributed by atoms with Gasteiger partial charge in [-0.05, 0) is 49.8 Å². The van der Waals surface area contributed by atoms with Gasteiger partial charge in [-0.2, -0.15) is 0 Å². The van der Waals surface area contributed by atoms with Gasteiger partial charge >= 0.3 is 0 Å². The minimum Gasteiger partial charge on any atom is -0.378 e. The van der Waals surface area contributed by atoms with Crippen LogP contribution >= 0.6 is 23.4 Å². The molecule has 5 nitrogen and oxygen atoms in total. The molecule has 1 aliphatic heterocycles. The highest BCUT2D eigenvalue weighted by molar-refractivity contribution is 8.15. The summed E-state index contributed by atoms with van der Waals surface area (Å²) in [5, 5.41) is 0.595. The second-order valence-electron chi connectivity index (χ2n) is 8.03. The van der Waals surface area contributed by atoms with E-state index in [1.807, 2.05) is 0 Å². The molecular formula is C22H23ClF2N4OS. The van der Waals surface area contributed by atoms with Gasteiger partial charge in [-0.1, -0.05) is 29.4 Å². The van der Waals surface area contributed by atoms with Crippen LogP contribution in [0.1, 0.15) is 37.1 Å². The van der Waals surface area contributed by atoms with Gasteiger partial charge in [0.2, 0.25) is 5.91 Å². The molecule has 1 aromatic carbocycles. The van der Waals surface area contributed by atoms with E-state index in [4.69, 9.17) is 17.3 Å². The van der Waals surface area contributed by atoms with Gasteiger partial charge in [0.15, 0.2) is 5.17 Å². The summed E-state index contributed by atoms with van der Waals surface area (Å²) in [6.45, 7) is 3.50. The van der Waals surface area contributed by atoms with E-state index in [9.17, 15) is 13.6 Å². The maximum absolute atomic E-state index is 14.9. The molecule has 3 rings (SSSR count). The number of hydrogen-bond acceptors (Lipinski definition) is 5. The van der Waals surface area contributed by atoms with Gasteiger partial charge in [-0.15, -0.1) is 0 Å². The molecule has 1 aliphatic rings. The monoisotopic (exact) mass is 464 g/mol. The Morgan fingerprint density at radius 2 is 2.00 bits per heavy atom. The van der Waals surface area contributed by atoms with Crippen molar-refractivity contribution in [2.75, 3.05) is 14.1 Å². The highest BCUT2D eigenvalue weighted by Crippen LogP contribution is 2.46. The zero-order valence-corrected chi connectivity index (χ0v) is 19.2. The third kappa shape index (κ3) is 4.91. The predicted octanol–water partition coefficient (Wildman–Crippen LogP) is 4.86. The number of hydrogen-bond donors (Lipinski definition) is 1. The molecule has 9 heteroatoms. The molecule has 0 radical (unpaired) electrons. The fraction of sp³-hybridized carbons (Fsp3) is 0.318. The van der Waals surface area contributed by atoms with Gasteiger partial charge < -0.3 is 10.6 Å². The first kappa shape index (κ1) is 23.2. The average molecular weight is 465 g/mol. The van der Waals surface area contributed by atoms with E-state index in [0.717, 1.165) is 11.8 Å². The van der Waals surface area contributed by atoms with E-state index in [1.165, 1.54) is 47.5 Å². The van der Waals surface area contributed by atoms with Crippen LogP contribution in [-0.4, -0.2) is 39.8 Å². The van der Waals surface area contributed by atoms with Crippen molar-refractivity contribution in [1.82, 2.24) is 9.88 Å². The maximum Gasteiger partial charge on any atom is 0.238 e. The largest absolute Gasteiger partial charge is 0.378 e. The van der Waals surface area contributed by atoms with Crippen molar-refractivity contribution in [3.05, 3.63) is 64.2 Å². The molecule has 0 saturated carbocycles. The quantitative estimate of drug-likeness (QED) is 0.701. The van der Waals surface area contributed by atoms with E-state index >= 15 is 0 Å². The lowest BCUT2D eigenvalue weighted by molar-refractivity contribution is -0.131. The molecule has 0 aliphatic carbocycles. The molecule has 164 valence electrons. The molecule has 0 fully saturated rings. The topological polar surface area (TPSA) is 71.6 Å². The van der Waals surface area contributed by atoms with Crippen LogP contribution in [0.15, 0.2) is 41.5 Å². The number of amides is 1. The summed E-state index contributed by atoms with van der Waals surface area (Å²) in [5.74, 6) is -1.24. The fourth-order valence-electron chi connectivity index (χ4n) is 3.76. The number of amidine groups is 1.